The Morgan fingerprint density at radius 3 is 2.52 bits per heavy atom. The summed E-state index contributed by atoms with van der Waals surface area (Å²) in [5, 5.41) is 7.92. The van der Waals surface area contributed by atoms with E-state index in [4.69, 9.17) is 46.4 Å². The van der Waals surface area contributed by atoms with E-state index in [2.05, 4.69) is 10.6 Å². The highest BCUT2D eigenvalue weighted by Crippen LogP contribution is 2.31. The lowest BCUT2D eigenvalue weighted by molar-refractivity contribution is 0.0946. The van der Waals surface area contributed by atoms with Crippen molar-refractivity contribution in [2.45, 2.75) is 9.96 Å². The number of benzene rings is 1. The van der Waals surface area contributed by atoms with Crippen molar-refractivity contribution >= 4 is 69.3 Å². The summed E-state index contributed by atoms with van der Waals surface area (Å²) >= 11 is 25.0. The van der Waals surface area contributed by atoms with Crippen molar-refractivity contribution in [3.05, 3.63) is 51.7 Å². The second-order valence-corrected chi connectivity index (χ2v) is 7.83. The molecule has 112 valence electrons. The zero-order chi connectivity index (χ0) is 15.5. The molecule has 2 aromatic rings. The highest BCUT2D eigenvalue weighted by Gasteiger charge is 2.34. The smallest absolute Gasteiger partial charge is 0.263 e. The molecule has 0 saturated carbocycles. The fraction of sp³-hybridized carbons (Fsp3) is 0.154. The number of hydrogen-bond donors (Lipinski definition) is 2. The van der Waals surface area contributed by atoms with Crippen molar-refractivity contribution < 1.29 is 4.79 Å². The summed E-state index contributed by atoms with van der Waals surface area (Å²) in [7, 11) is 0. The van der Waals surface area contributed by atoms with Crippen LogP contribution >= 0.6 is 57.7 Å². The van der Waals surface area contributed by atoms with E-state index in [-0.39, 0.29) is 5.91 Å². The van der Waals surface area contributed by atoms with E-state index >= 15 is 0 Å². The van der Waals surface area contributed by atoms with E-state index in [1.54, 1.807) is 41.8 Å². The minimum atomic E-state index is -1.73. The predicted octanol–water partition coefficient (Wildman–Crippen LogP) is 4.94. The Bertz CT molecular complexity index is 613. The molecule has 1 aromatic heterocycles. The van der Waals surface area contributed by atoms with Crippen LogP contribution in [-0.2, 0) is 0 Å². The van der Waals surface area contributed by atoms with Crippen LogP contribution in [0.5, 0.6) is 0 Å². The van der Waals surface area contributed by atoms with Crippen LogP contribution in [-0.4, -0.2) is 15.9 Å². The van der Waals surface area contributed by atoms with E-state index in [1.165, 1.54) is 11.3 Å². The van der Waals surface area contributed by atoms with Gasteiger partial charge in [0, 0.05) is 10.7 Å². The van der Waals surface area contributed by atoms with Crippen molar-refractivity contribution in [1.82, 2.24) is 5.32 Å². The number of alkyl halides is 3. The first kappa shape index (κ1) is 16.7. The molecule has 2 rings (SSSR count). The molecule has 0 radical (unpaired) electrons. The molecule has 8 heteroatoms. The average Bonchev–Trinajstić information content (AvgIpc) is 2.90. The van der Waals surface area contributed by atoms with E-state index in [1.807, 2.05) is 0 Å². The van der Waals surface area contributed by atoms with Crippen molar-refractivity contribution in [3.63, 3.8) is 0 Å². The topological polar surface area (TPSA) is 41.1 Å². The fourth-order valence-corrected chi connectivity index (χ4v) is 2.70. The maximum Gasteiger partial charge on any atom is 0.263 e. The van der Waals surface area contributed by atoms with Crippen molar-refractivity contribution in [2.75, 3.05) is 5.32 Å². The van der Waals surface area contributed by atoms with Crippen molar-refractivity contribution in [1.29, 1.82) is 0 Å². The number of anilines is 1. The van der Waals surface area contributed by atoms with Crippen LogP contribution in [0.2, 0.25) is 5.02 Å². The molecule has 0 fully saturated rings. The molecule has 0 aliphatic carbocycles. The molecule has 0 aliphatic rings. The van der Waals surface area contributed by atoms with Gasteiger partial charge < -0.3 is 10.6 Å². The first-order chi connectivity index (χ1) is 9.86. The van der Waals surface area contributed by atoms with Gasteiger partial charge in [-0.15, -0.1) is 11.3 Å². The summed E-state index contributed by atoms with van der Waals surface area (Å²) in [5.41, 5.74) is 0.630. The summed E-state index contributed by atoms with van der Waals surface area (Å²) in [4.78, 5) is 12.6. The molecule has 1 unspecified atom stereocenters. The van der Waals surface area contributed by atoms with Gasteiger partial charge in [-0.05, 0) is 29.6 Å². The SMILES string of the molecule is O=C(NC(Nc1cccc(Cl)c1)C(Cl)(Cl)Cl)c1cccs1. The lowest BCUT2D eigenvalue weighted by Gasteiger charge is -2.27. The Morgan fingerprint density at radius 2 is 1.95 bits per heavy atom. The first-order valence-electron chi connectivity index (χ1n) is 5.79. The largest absolute Gasteiger partial charge is 0.362 e. The van der Waals surface area contributed by atoms with Gasteiger partial charge in [0.1, 0.15) is 6.17 Å². The summed E-state index contributed by atoms with van der Waals surface area (Å²) in [5.74, 6) is -0.323. The summed E-state index contributed by atoms with van der Waals surface area (Å²) in [6.45, 7) is 0. The molecule has 0 spiro atoms. The molecule has 1 atom stereocenters. The predicted molar refractivity (Wildman–Crippen MR) is 90.9 cm³/mol. The monoisotopic (exact) mass is 382 g/mol. The van der Waals surface area contributed by atoms with Crippen LogP contribution in [0.25, 0.3) is 0 Å². The molecule has 0 saturated heterocycles. The number of amides is 1. The third kappa shape index (κ3) is 4.94. The van der Waals surface area contributed by atoms with Gasteiger partial charge >= 0.3 is 0 Å². The Balaban J connectivity index is 2.14. The number of carbonyl (C=O) groups excluding carboxylic acids is 1. The molecular formula is C13H10Cl4N2OS. The molecule has 0 aliphatic heterocycles. The number of carbonyl (C=O) groups is 1. The molecule has 21 heavy (non-hydrogen) atoms. The Morgan fingerprint density at radius 1 is 1.19 bits per heavy atom. The number of nitrogens with one attached hydrogen (secondary N) is 2. The van der Waals surface area contributed by atoms with Crippen LogP contribution in [0.1, 0.15) is 9.67 Å². The van der Waals surface area contributed by atoms with E-state index in [0.717, 1.165) is 0 Å². The van der Waals surface area contributed by atoms with Gasteiger partial charge in [0.05, 0.1) is 4.88 Å². The second kappa shape index (κ2) is 7.07. The van der Waals surface area contributed by atoms with Crippen LogP contribution in [0, 0.1) is 0 Å². The molecule has 1 aromatic carbocycles. The number of rotatable bonds is 4. The van der Waals surface area contributed by atoms with Crippen LogP contribution in [0.4, 0.5) is 5.69 Å². The van der Waals surface area contributed by atoms with Gasteiger partial charge in [-0.1, -0.05) is 58.5 Å². The molecule has 1 amide bonds. The minimum Gasteiger partial charge on any atom is -0.362 e. The normalized spacial score (nSPS) is 12.8. The average molecular weight is 384 g/mol. The third-order valence-electron chi connectivity index (χ3n) is 2.48. The van der Waals surface area contributed by atoms with Gasteiger partial charge in [0.15, 0.2) is 0 Å². The maximum atomic E-state index is 12.1. The lowest BCUT2D eigenvalue weighted by Crippen LogP contribution is -2.48. The Labute approximate surface area is 146 Å². The van der Waals surface area contributed by atoms with Crippen molar-refractivity contribution in [3.8, 4) is 0 Å². The van der Waals surface area contributed by atoms with E-state index in [0.29, 0.717) is 15.6 Å². The zero-order valence-electron chi connectivity index (χ0n) is 10.4. The lowest BCUT2D eigenvalue weighted by atomic mass is 10.3. The molecule has 0 bridgehead atoms. The second-order valence-electron chi connectivity index (χ2n) is 4.08. The molecule has 1 heterocycles. The summed E-state index contributed by atoms with van der Waals surface area (Å²) < 4.78 is -1.73. The van der Waals surface area contributed by atoms with Gasteiger partial charge in [-0.2, -0.15) is 0 Å². The summed E-state index contributed by atoms with van der Waals surface area (Å²) in [6.07, 6.45) is -0.907. The minimum absolute atomic E-state index is 0.323. The number of hydrogen-bond acceptors (Lipinski definition) is 3. The molecule has 3 nitrogen and oxygen atoms in total. The standard InChI is InChI=1S/C13H10Cl4N2OS/c14-8-3-1-4-9(7-8)18-12(13(15,16)17)19-11(20)10-5-2-6-21-10/h1-7,12,18H,(H,19,20). The maximum absolute atomic E-state index is 12.1. The molecular weight excluding hydrogens is 374 g/mol. The Hall–Kier alpha value is -0.650. The van der Waals surface area contributed by atoms with Gasteiger partial charge in [0.2, 0.25) is 3.79 Å². The number of halogens is 4. The zero-order valence-corrected chi connectivity index (χ0v) is 14.3. The van der Waals surface area contributed by atoms with Crippen LogP contribution in [0.15, 0.2) is 41.8 Å². The highest BCUT2D eigenvalue weighted by molar-refractivity contribution is 7.12. The Kier molecular flexibility index (Phi) is 5.63. The highest BCUT2D eigenvalue weighted by atomic mass is 35.6. The van der Waals surface area contributed by atoms with E-state index < -0.39 is 9.96 Å². The van der Waals surface area contributed by atoms with E-state index in [9.17, 15) is 4.79 Å². The molecule has 2 N–H and O–H groups in total. The van der Waals surface area contributed by atoms with Gasteiger partial charge in [-0.25, -0.2) is 0 Å². The first-order valence-corrected chi connectivity index (χ1v) is 8.18. The van der Waals surface area contributed by atoms with Crippen LogP contribution < -0.4 is 10.6 Å². The fourth-order valence-electron chi connectivity index (χ4n) is 1.55. The quantitative estimate of drug-likeness (QED) is 0.579. The number of thiophene rings is 1. The van der Waals surface area contributed by atoms with Gasteiger partial charge in [0.25, 0.3) is 5.91 Å². The summed E-state index contributed by atoms with van der Waals surface area (Å²) in [6, 6.07) is 10.4. The third-order valence-corrected chi connectivity index (χ3v) is 4.24. The van der Waals surface area contributed by atoms with Gasteiger partial charge in [-0.3, -0.25) is 4.79 Å². The van der Waals surface area contributed by atoms with Crippen molar-refractivity contribution in [2.24, 2.45) is 0 Å². The van der Waals surface area contributed by atoms with Crippen LogP contribution in [0.3, 0.4) is 0 Å².